The van der Waals surface area contributed by atoms with Crippen molar-refractivity contribution in [3.05, 3.63) is 28.8 Å². The third-order valence-corrected chi connectivity index (χ3v) is 3.42. The largest absolute Gasteiger partial charge is 0.496 e. The summed E-state index contributed by atoms with van der Waals surface area (Å²) < 4.78 is 11.3. The Morgan fingerprint density at radius 2 is 1.84 bits per heavy atom. The number of benzene rings is 1. The van der Waals surface area contributed by atoms with E-state index in [1.165, 1.54) is 5.56 Å². The Bertz CT molecular complexity index is 415. The first-order valence-electron chi connectivity index (χ1n) is 6.94. The lowest BCUT2D eigenvalue weighted by molar-refractivity contribution is 0.0115. The summed E-state index contributed by atoms with van der Waals surface area (Å²) in [4.78, 5) is 0. The molecule has 0 aliphatic rings. The van der Waals surface area contributed by atoms with Gasteiger partial charge in [-0.2, -0.15) is 0 Å². The van der Waals surface area contributed by atoms with Crippen molar-refractivity contribution in [3.63, 3.8) is 0 Å². The number of hydrogen-bond donors (Lipinski definition) is 1. The summed E-state index contributed by atoms with van der Waals surface area (Å²) in [6.07, 6.45) is 0.000283. The molecule has 3 heteroatoms. The fourth-order valence-corrected chi connectivity index (χ4v) is 2.60. The maximum absolute atomic E-state index is 6.45. The molecule has 0 heterocycles. The lowest BCUT2D eigenvalue weighted by atomic mass is 9.90. The van der Waals surface area contributed by atoms with E-state index in [2.05, 4.69) is 33.8 Å². The molecule has 0 aliphatic heterocycles. The number of rotatable bonds is 6. The normalized spacial score (nSPS) is 14.5. The van der Waals surface area contributed by atoms with Gasteiger partial charge >= 0.3 is 0 Å². The molecule has 0 saturated heterocycles. The van der Waals surface area contributed by atoms with Crippen LogP contribution in [0.5, 0.6) is 5.75 Å². The first-order valence-corrected chi connectivity index (χ1v) is 6.94. The van der Waals surface area contributed by atoms with E-state index in [-0.39, 0.29) is 12.1 Å². The van der Waals surface area contributed by atoms with Crippen LogP contribution < -0.4 is 10.5 Å². The first kappa shape index (κ1) is 16.0. The minimum Gasteiger partial charge on any atom is -0.496 e. The second-order valence-electron chi connectivity index (χ2n) is 5.39. The van der Waals surface area contributed by atoms with Gasteiger partial charge in [0.15, 0.2) is 0 Å². The molecule has 0 amide bonds. The summed E-state index contributed by atoms with van der Waals surface area (Å²) in [6.45, 7) is 11.1. The van der Waals surface area contributed by atoms with Gasteiger partial charge in [-0.25, -0.2) is 0 Å². The van der Waals surface area contributed by atoms with Crippen molar-refractivity contribution in [2.24, 2.45) is 11.7 Å². The molecule has 19 heavy (non-hydrogen) atoms. The van der Waals surface area contributed by atoms with E-state index in [0.29, 0.717) is 12.5 Å². The average Bonchev–Trinajstić information content (AvgIpc) is 2.33. The molecule has 0 aliphatic carbocycles. The third kappa shape index (κ3) is 3.71. The Balaban J connectivity index is 3.19. The van der Waals surface area contributed by atoms with E-state index >= 15 is 0 Å². The van der Waals surface area contributed by atoms with E-state index < -0.39 is 0 Å². The molecule has 0 fully saturated rings. The SMILES string of the molecule is CCOC(C(C)C)C(N)c1c(C)cc(C)cc1OC. The van der Waals surface area contributed by atoms with Crippen molar-refractivity contribution < 1.29 is 9.47 Å². The summed E-state index contributed by atoms with van der Waals surface area (Å²) in [5, 5.41) is 0. The Labute approximate surface area is 117 Å². The van der Waals surface area contributed by atoms with Crippen LogP contribution in [0.15, 0.2) is 12.1 Å². The third-order valence-electron chi connectivity index (χ3n) is 3.42. The predicted molar refractivity (Wildman–Crippen MR) is 79.6 cm³/mol. The minimum absolute atomic E-state index is 0.000283. The monoisotopic (exact) mass is 265 g/mol. The lowest BCUT2D eigenvalue weighted by Gasteiger charge is -2.29. The zero-order valence-corrected chi connectivity index (χ0v) is 13.0. The van der Waals surface area contributed by atoms with Gasteiger partial charge in [0.2, 0.25) is 0 Å². The van der Waals surface area contributed by atoms with E-state index in [0.717, 1.165) is 16.9 Å². The second-order valence-corrected chi connectivity index (χ2v) is 5.39. The molecule has 1 aromatic rings. The number of methoxy groups -OCH3 is 1. The Morgan fingerprint density at radius 3 is 2.32 bits per heavy atom. The fourth-order valence-electron chi connectivity index (χ4n) is 2.60. The quantitative estimate of drug-likeness (QED) is 0.857. The van der Waals surface area contributed by atoms with Crippen LogP contribution in [-0.4, -0.2) is 19.8 Å². The molecule has 0 spiro atoms. The highest BCUT2D eigenvalue weighted by Gasteiger charge is 2.27. The van der Waals surface area contributed by atoms with Gasteiger partial charge in [-0.3, -0.25) is 0 Å². The van der Waals surface area contributed by atoms with Gasteiger partial charge in [0.25, 0.3) is 0 Å². The van der Waals surface area contributed by atoms with Crippen molar-refractivity contribution in [1.82, 2.24) is 0 Å². The van der Waals surface area contributed by atoms with Gasteiger partial charge in [-0.1, -0.05) is 19.9 Å². The van der Waals surface area contributed by atoms with Crippen LogP contribution in [0.2, 0.25) is 0 Å². The molecule has 1 aromatic carbocycles. The Hall–Kier alpha value is -1.06. The van der Waals surface area contributed by atoms with Gasteiger partial charge in [-0.05, 0) is 43.9 Å². The van der Waals surface area contributed by atoms with Gasteiger partial charge in [-0.15, -0.1) is 0 Å². The maximum atomic E-state index is 6.45. The summed E-state index contributed by atoms with van der Waals surface area (Å²) in [6, 6.07) is 4.00. The van der Waals surface area contributed by atoms with E-state index in [1.54, 1.807) is 7.11 Å². The predicted octanol–water partition coefficient (Wildman–Crippen LogP) is 3.37. The van der Waals surface area contributed by atoms with Crippen molar-refractivity contribution >= 4 is 0 Å². The summed E-state index contributed by atoms with van der Waals surface area (Å²) >= 11 is 0. The molecule has 0 bridgehead atoms. The van der Waals surface area contributed by atoms with Crippen LogP contribution in [-0.2, 0) is 4.74 Å². The van der Waals surface area contributed by atoms with Crippen molar-refractivity contribution in [2.45, 2.75) is 46.8 Å². The van der Waals surface area contributed by atoms with Gasteiger partial charge in [0.05, 0.1) is 19.3 Å². The maximum Gasteiger partial charge on any atom is 0.124 e. The molecular formula is C16H27NO2. The van der Waals surface area contributed by atoms with Gasteiger partial charge < -0.3 is 15.2 Å². The molecule has 2 atom stereocenters. The molecular weight excluding hydrogens is 238 g/mol. The molecule has 0 radical (unpaired) electrons. The van der Waals surface area contributed by atoms with Crippen LogP contribution in [0.3, 0.4) is 0 Å². The van der Waals surface area contributed by atoms with Gasteiger partial charge in [0, 0.05) is 12.2 Å². The second kappa shape index (κ2) is 6.92. The van der Waals surface area contributed by atoms with Crippen LogP contribution in [0.4, 0.5) is 0 Å². The van der Waals surface area contributed by atoms with Crippen molar-refractivity contribution in [2.75, 3.05) is 13.7 Å². The summed E-state index contributed by atoms with van der Waals surface area (Å²) in [5.41, 5.74) is 9.85. The Morgan fingerprint density at radius 1 is 1.21 bits per heavy atom. The topological polar surface area (TPSA) is 44.5 Å². The van der Waals surface area contributed by atoms with Crippen molar-refractivity contribution in [1.29, 1.82) is 0 Å². The molecule has 108 valence electrons. The summed E-state index contributed by atoms with van der Waals surface area (Å²) in [7, 11) is 1.69. The van der Waals surface area contributed by atoms with E-state index in [1.807, 2.05) is 13.0 Å². The number of ether oxygens (including phenoxy) is 2. The van der Waals surface area contributed by atoms with Crippen molar-refractivity contribution in [3.8, 4) is 5.75 Å². The average molecular weight is 265 g/mol. The highest BCUT2D eigenvalue weighted by atomic mass is 16.5. The van der Waals surface area contributed by atoms with E-state index in [4.69, 9.17) is 15.2 Å². The molecule has 2 unspecified atom stereocenters. The zero-order valence-electron chi connectivity index (χ0n) is 13.0. The highest BCUT2D eigenvalue weighted by Crippen LogP contribution is 2.33. The standard InChI is InChI=1S/C16H27NO2/c1-7-19-16(10(2)3)15(17)14-12(5)8-11(4)9-13(14)18-6/h8-10,15-16H,7,17H2,1-6H3. The highest BCUT2D eigenvalue weighted by molar-refractivity contribution is 5.45. The number of hydrogen-bond acceptors (Lipinski definition) is 3. The molecule has 3 nitrogen and oxygen atoms in total. The van der Waals surface area contributed by atoms with E-state index in [9.17, 15) is 0 Å². The first-order chi connectivity index (χ1) is 8.92. The fraction of sp³-hybridized carbons (Fsp3) is 0.625. The molecule has 0 aromatic heterocycles. The Kier molecular flexibility index (Phi) is 5.83. The number of nitrogens with two attached hydrogens (primary N) is 1. The summed E-state index contributed by atoms with van der Waals surface area (Å²) in [5.74, 6) is 1.22. The molecule has 1 rings (SSSR count). The van der Waals surface area contributed by atoms with Gasteiger partial charge in [0.1, 0.15) is 5.75 Å². The van der Waals surface area contributed by atoms with Crippen LogP contribution >= 0.6 is 0 Å². The zero-order chi connectivity index (χ0) is 14.6. The molecule has 0 saturated carbocycles. The van der Waals surface area contributed by atoms with Crippen LogP contribution in [0.1, 0.15) is 43.5 Å². The van der Waals surface area contributed by atoms with Crippen LogP contribution in [0, 0.1) is 19.8 Å². The smallest absolute Gasteiger partial charge is 0.124 e. The lowest BCUT2D eigenvalue weighted by Crippen LogP contribution is -2.34. The minimum atomic E-state index is -0.171. The molecule has 2 N–H and O–H groups in total. The van der Waals surface area contributed by atoms with Crippen LogP contribution in [0.25, 0.3) is 0 Å². The number of aryl methyl sites for hydroxylation is 2.